The van der Waals surface area contributed by atoms with Crippen LogP contribution in [0, 0.1) is 29.6 Å². The molecule has 0 aliphatic rings. The molecule has 0 amide bonds. The van der Waals surface area contributed by atoms with Crippen LogP contribution in [0.1, 0.15) is 27.8 Å². The maximum Gasteiger partial charge on any atom is 0.0994 e. The van der Waals surface area contributed by atoms with Gasteiger partial charge in [-0.25, -0.2) is 0 Å². The van der Waals surface area contributed by atoms with E-state index in [1.807, 2.05) is 49.4 Å². The molecule has 0 N–H and O–H groups in total. The second-order valence-electron chi connectivity index (χ2n) is 4.21. The van der Waals surface area contributed by atoms with E-state index in [2.05, 4.69) is 12.1 Å². The zero-order valence-electron chi connectivity index (χ0n) is 10.1. The molecule has 0 saturated carbocycles. The first-order chi connectivity index (χ1) is 8.74. The van der Waals surface area contributed by atoms with Gasteiger partial charge >= 0.3 is 0 Å². The van der Waals surface area contributed by atoms with Crippen molar-refractivity contribution in [1.82, 2.24) is 0 Å². The molecule has 0 aliphatic heterocycles. The van der Waals surface area contributed by atoms with E-state index in [-0.39, 0.29) is 0 Å². The van der Waals surface area contributed by atoms with Gasteiger partial charge in [0.1, 0.15) is 0 Å². The number of rotatable bonds is 2. The molecule has 0 bridgehead atoms. The minimum absolute atomic E-state index is 0.679. The molecule has 2 rings (SSSR count). The minimum atomic E-state index is 0.679. The van der Waals surface area contributed by atoms with E-state index in [4.69, 9.17) is 10.5 Å². The third kappa shape index (κ3) is 2.39. The summed E-state index contributed by atoms with van der Waals surface area (Å²) < 4.78 is 0. The molecule has 2 heteroatoms. The van der Waals surface area contributed by atoms with Crippen LogP contribution in [0.5, 0.6) is 0 Å². The second-order valence-corrected chi connectivity index (χ2v) is 4.21. The van der Waals surface area contributed by atoms with E-state index in [1.54, 1.807) is 0 Å². The highest BCUT2D eigenvalue weighted by Crippen LogP contribution is 2.16. The van der Waals surface area contributed by atoms with Crippen molar-refractivity contribution in [3.63, 3.8) is 0 Å². The van der Waals surface area contributed by atoms with E-state index in [1.165, 1.54) is 0 Å². The summed E-state index contributed by atoms with van der Waals surface area (Å²) in [4.78, 5) is 0. The lowest BCUT2D eigenvalue weighted by Gasteiger charge is -2.05. The molecule has 0 spiro atoms. The van der Waals surface area contributed by atoms with Crippen molar-refractivity contribution in [3.05, 3.63) is 70.3 Å². The normalized spacial score (nSPS) is 9.50. The lowest BCUT2D eigenvalue weighted by Crippen LogP contribution is -1.94. The summed E-state index contributed by atoms with van der Waals surface area (Å²) in [5.74, 6) is 0. The molecule has 0 aliphatic carbocycles. The summed E-state index contributed by atoms with van der Waals surface area (Å²) >= 11 is 0. The largest absolute Gasteiger partial charge is 0.192 e. The first-order valence-electron chi connectivity index (χ1n) is 5.72. The fourth-order valence-electron chi connectivity index (χ4n) is 1.90. The summed E-state index contributed by atoms with van der Waals surface area (Å²) in [6, 6.07) is 17.8. The Morgan fingerprint density at radius 2 is 1.67 bits per heavy atom. The van der Waals surface area contributed by atoms with Crippen LogP contribution in [-0.4, -0.2) is 0 Å². The molecule has 0 fully saturated rings. The molecule has 86 valence electrons. The van der Waals surface area contributed by atoms with Crippen LogP contribution in [0.3, 0.4) is 0 Å². The number of hydrogen-bond acceptors (Lipinski definition) is 2. The third-order valence-electron chi connectivity index (χ3n) is 2.95. The molecule has 0 unspecified atom stereocenters. The van der Waals surface area contributed by atoms with E-state index in [9.17, 15) is 0 Å². The fraction of sp³-hybridized carbons (Fsp3) is 0.125. The van der Waals surface area contributed by atoms with Gasteiger partial charge < -0.3 is 0 Å². The molecule has 18 heavy (non-hydrogen) atoms. The summed E-state index contributed by atoms with van der Waals surface area (Å²) in [5.41, 5.74) is 4.42. The highest BCUT2D eigenvalue weighted by atomic mass is 14.3. The van der Waals surface area contributed by atoms with Gasteiger partial charge in [0.2, 0.25) is 0 Å². The predicted molar refractivity (Wildman–Crippen MR) is 69.9 cm³/mol. The van der Waals surface area contributed by atoms with Gasteiger partial charge in [0.15, 0.2) is 0 Å². The van der Waals surface area contributed by atoms with Gasteiger partial charge in [0.25, 0.3) is 0 Å². The third-order valence-corrected chi connectivity index (χ3v) is 2.95. The van der Waals surface area contributed by atoms with Gasteiger partial charge in [-0.2, -0.15) is 10.5 Å². The Morgan fingerprint density at radius 1 is 0.944 bits per heavy atom. The molecular weight excluding hydrogens is 220 g/mol. The van der Waals surface area contributed by atoms with Crippen LogP contribution in [-0.2, 0) is 6.42 Å². The van der Waals surface area contributed by atoms with Crippen molar-refractivity contribution in [2.45, 2.75) is 13.3 Å². The predicted octanol–water partition coefficient (Wildman–Crippen LogP) is 3.33. The number of benzene rings is 2. The molecule has 0 aromatic heterocycles. The minimum Gasteiger partial charge on any atom is -0.192 e. The van der Waals surface area contributed by atoms with Crippen molar-refractivity contribution < 1.29 is 0 Å². The molecule has 2 aromatic rings. The van der Waals surface area contributed by atoms with E-state index in [0.29, 0.717) is 17.5 Å². The van der Waals surface area contributed by atoms with Gasteiger partial charge in [-0.15, -0.1) is 0 Å². The first kappa shape index (κ1) is 11.9. The molecule has 0 atom stereocenters. The summed E-state index contributed by atoms with van der Waals surface area (Å²) in [6.45, 7) is 1.92. The van der Waals surface area contributed by atoms with E-state index in [0.717, 1.165) is 16.7 Å². The van der Waals surface area contributed by atoms with Gasteiger partial charge in [-0.3, -0.25) is 0 Å². The smallest absolute Gasteiger partial charge is 0.0994 e. The molecule has 2 aromatic carbocycles. The Labute approximate surface area is 107 Å². The van der Waals surface area contributed by atoms with Crippen LogP contribution in [0.4, 0.5) is 0 Å². The Hall–Kier alpha value is -2.58. The molecule has 0 radical (unpaired) electrons. The quantitative estimate of drug-likeness (QED) is 0.797. The number of aryl methyl sites for hydroxylation is 1. The Kier molecular flexibility index (Phi) is 3.41. The zero-order valence-corrected chi connectivity index (χ0v) is 10.1. The number of nitriles is 2. The first-order valence-corrected chi connectivity index (χ1v) is 5.72. The monoisotopic (exact) mass is 232 g/mol. The molecular formula is C16H12N2. The van der Waals surface area contributed by atoms with Crippen molar-refractivity contribution >= 4 is 0 Å². The standard InChI is InChI=1S/C16H12N2/c1-12-6-7-13(9-16(12)11-18)8-14-4-2-3-5-15(14)10-17/h2-7,9H,8H2,1H3. The van der Waals surface area contributed by atoms with Crippen LogP contribution >= 0.6 is 0 Å². The van der Waals surface area contributed by atoms with Gasteiger partial charge in [-0.05, 0) is 42.2 Å². The number of hydrogen-bond donors (Lipinski definition) is 0. The van der Waals surface area contributed by atoms with Crippen molar-refractivity contribution in [2.75, 3.05) is 0 Å². The molecule has 0 heterocycles. The van der Waals surface area contributed by atoms with Crippen molar-refractivity contribution in [2.24, 2.45) is 0 Å². The van der Waals surface area contributed by atoms with Gasteiger partial charge in [0, 0.05) is 0 Å². The fourth-order valence-corrected chi connectivity index (χ4v) is 1.90. The molecule has 0 saturated heterocycles. The lowest BCUT2D eigenvalue weighted by molar-refractivity contribution is 1.17. The highest BCUT2D eigenvalue weighted by molar-refractivity contribution is 5.44. The van der Waals surface area contributed by atoms with E-state index >= 15 is 0 Å². The zero-order chi connectivity index (χ0) is 13.0. The van der Waals surface area contributed by atoms with Gasteiger partial charge in [0.05, 0.1) is 23.3 Å². The average Bonchev–Trinajstić information content (AvgIpc) is 2.41. The second kappa shape index (κ2) is 5.17. The highest BCUT2D eigenvalue weighted by Gasteiger charge is 2.04. The summed E-state index contributed by atoms with van der Waals surface area (Å²) in [5, 5.41) is 18.0. The van der Waals surface area contributed by atoms with E-state index < -0.39 is 0 Å². The van der Waals surface area contributed by atoms with Crippen LogP contribution < -0.4 is 0 Å². The Balaban J connectivity index is 2.36. The van der Waals surface area contributed by atoms with Crippen LogP contribution in [0.15, 0.2) is 42.5 Å². The maximum atomic E-state index is 9.04. The average molecular weight is 232 g/mol. The topological polar surface area (TPSA) is 47.6 Å². The van der Waals surface area contributed by atoms with Crippen LogP contribution in [0.2, 0.25) is 0 Å². The Bertz CT molecular complexity index is 658. The van der Waals surface area contributed by atoms with Gasteiger partial charge in [-0.1, -0.05) is 30.3 Å². The van der Waals surface area contributed by atoms with Crippen LogP contribution in [0.25, 0.3) is 0 Å². The maximum absolute atomic E-state index is 9.04. The van der Waals surface area contributed by atoms with Crippen molar-refractivity contribution in [1.29, 1.82) is 10.5 Å². The number of nitrogens with zero attached hydrogens (tertiary/aromatic N) is 2. The lowest BCUT2D eigenvalue weighted by atomic mass is 9.98. The molecule has 2 nitrogen and oxygen atoms in total. The Morgan fingerprint density at radius 3 is 2.39 bits per heavy atom. The van der Waals surface area contributed by atoms with Crippen molar-refractivity contribution in [3.8, 4) is 12.1 Å². The summed E-state index contributed by atoms with van der Waals surface area (Å²) in [6.07, 6.45) is 0.679. The summed E-state index contributed by atoms with van der Waals surface area (Å²) in [7, 11) is 0. The SMILES string of the molecule is Cc1ccc(Cc2ccccc2C#N)cc1C#N.